The second-order valence-electron chi connectivity index (χ2n) is 9.45. The molecule has 2 aromatic carbocycles. The molecule has 2 amide bonds. The van der Waals surface area contributed by atoms with Crippen LogP contribution in [0.4, 0.5) is 9.18 Å². The summed E-state index contributed by atoms with van der Waals surface area (Å²) in [6, 6.07) is 13.0. The number of likely N-dealkylation sites (tertiary alicyclic amines) is 1. The molecule has 6 nitrogen and oxygen atoms in total. The lowest BCUT2D eigenvalue weighted by atomic mass is 9.93. The molecule has 2 aromatic rings. The maximum atomic E-state index is 13.4. The Bertz CT molecular complexity index is 1020. The lowest BCUT2D eigenvalue weighted by Gasteiger charge is -2.32. The van der Waals surface area contributed by atoms with Gasteiger partial charge in [-0.1, -0.05) is 23.7 Å². The average Bonchev–Trinajstić information content (AvgIpc) is 3.59. The van der Waals surface area contributed by atoms with Crippen LogP contribution in [0.5, 0.6) is 5.75 Å². The summed E-state index contributed by atoms with van der Waals surface area (Å²) in [6.45, 7) is 2.74. The smallest absolute Gasteiger partial charge is 0.410 e. The molecule has 1 saturated carbocycles. The third-order valence-corrected chi connectivity index (χ3v) is 7.37. The molecular weight excluding hydrogens is 457 g/mol. The number of nitrogens with zero attached hydrogens (tertiary/aromatic N) is 2. The van der Waals surface area contributed by atoms with Crippen LogP contribution in [0.2, 0.25) is 5.02 Å². The van der Waals surface area contributed by atoms with Gasteiger partial charge in [-0.05, 0) is 80.7 Å². The Morgan fingerprint density at radius 2 is 1.65 bits per heavy atom. The molecule has 180 valence electrons. The highest BCUT2D eigenvalue weighted by molar-refractivity contribution is 6.30. The van der Waals surface area contributed by atoms with Crippen LogP contribution in [0, 0.1) is 11.7 Å². The van der Waals surface area contributed by atoms with Gasteiger partial charge in [-0.2, -0.15) is 0 Å². The number of hydrogen-bond acceptors (Lipinski definition) is 4. The second kappa shape index (κ2) is 9.92. The summed E-state index contributed by atoms with van der Waals surface area (Å²) >= 11 is 6.13. The minimum Gasteiger partial charge on any atom is -0.410 e. The van der Waals surface area contributed by atoms with Crippen LogP contribution in [-0.4, -0.2) is 60.1 Å². The van der Waals surface area contributed by atoms with Crippen molar-refractivity contribution in [1.29, 1.82) is 0 Å². The van der Waals surface area contributed by atoms with Crippen LogP contribution in [0.1, 0.15) is 37.2 Å². The Hall–Kier alpha value is -2.64. The molecular formula is C26H29ClFN3O3. The van der Waals surface area contributed by atoms with Crippen molar-refractivity contribution in [3.63, 3.8) is 0 Å². The van der Waals surface area contributed by atoms with E-state index in [1.54, 1.807) is 0 Å². The van der Waals surface area contributed by atoms with Crippen LogP contribution < -0.4 is 10.1 Å². The van der Waals surface area contributed by atoms with Gasteiger partial charge in [0, 0.05) is 36.0 Å². The van der Waals surface area contributed by atoms with E-state index < -0.39 is 6.09 Å². The number of hydrogen-bond donors (Lipinski definition) is 1. The van der Waals surface area contributed by atoms with Crippen molar-refractivity contribution < 1.29 is 18.7 Å². The first-order valence-corrected chi connectivity index (χ1v) is 12.4. The number of halogens is 2. The third kappa shape index (κ3) is 5.05. The van der Waals surface area contributed by atoms with Gasteiger partial charge in [0.05, 0.1) is 6.04 Å². The molecule has 0 bridgehead atoms. The largest absolute Gasteiger partial charge is 0.415 e. The molecule has 0 spiro atoms. The van der Waals surface area contributed by atoms with Crippen LogP contribution in [-0.2, 0) is 4.79 Å². The monoisotopic (exact) mass is 485 g/mol. The van der Waals surface area contributed by atoms with Crippen LogP contribution >= 0.6 is 11.6 Å². The lowest BCUT2D eigenvalue weighted by molar-refractivity contribution is -0.135. The standard InChI is InChI=1S/C26H29ClFN3O3/c27-19-3-1-17(2-4-19)23-15-30(25(32)18-11-13-29-14-12-18)16-24(23)31(21-7-8-21)26(33)34-22-9-5-20(28)6-10-22/h1-6,9-10,18,21,23-24,29H,7-8,11-16H2/t23-,24+/m1/s1. The minimum atomic E-state index is -0.450. The molecule has 2 atom stereocenters. The van der Waals surface area contributed by atoms with Crippen molar-refractivity contribution in [3.05, 3.63) is 64.9 Å². The van der Waals surface area contributed by atoms with Crippen molar-refractivity contribution in [2.45, 2.75) is 43.7 Å². The topological polar surface area (TPSA) is 61.9 Å². The summed E-state index contributed by atoms with van der Waals surface area (Å²) < 4.78 is 19.0. The number of amides is 2. The first-order chi connectivity index (χ1) is 16.5. The second-order valence-corrected chi connectivity index (χ2v) is 9.89. The first-order valence-electron chi connectivity index (χ1n) is 12.0. The van der Waals surface area contributed by atoms with Gasteiger partial charge in [-0.25, -0.2) is 9.18 Å². The van der Waals surface area contributed by atoms with Gasteiger partial charge in [0.1, 0.15) is 11.6 Å². The van der Waals surface area contributed by atoms with Gasteiger partial charge in [0.2, 0.25) is 5.91 Å². The van der Waals surface area contributed by atoms with E-state index in [0.717, 1.165) is 44.3 Å². The van der Waals surface area contributed by atoms with E-state index in [2.05, 4.69) is 5.32 Å². The number of carbonyl (C=O) groups excluding carboxylic acids is 2. The molecule has 1 aliphatic carbocycles. The van der Waals surface area contributed by atoms with Gasteiger partial charge >= 0.3 is 6.09 Å². The Morgan fingerprint density at radius 3 is 2.29 bits per heavy atom. The van der Waals surface area contributed by atoms with Crippen molar-refractivity contribution in [2.75, 3.05) is 26.2 Å². The molecule has 2 aliphatic heterocycles. The van der Waals surface area contributed by atoms with Gasteiger partial charge < -0.3 is 15.0 Å². The van der Waals surface area contributed by atoms with Crippen molar-refractivity contribution >= 4 is 23.6 Å². The van der Waals surface area contributed by atoms with Crippen LogP contribution in [0.15, 0.2) is 48.5 Å². The molecule has 2 saturated heterocycles. The van der Waals surface area contributed by atoms with Crippen molar-refractivity contribution in [3.8, 4) is 5.75 Å². The molecule has 8 heteroatoms. The number of nitrogens with one attached hydrogen (secondary N) is 1. The zero-order chi connectivity index (χ0) is 23.7. The Kier molecular flexibility index (Phi) is 6.75. The predicted molar refractivity (Wildman–Crippen MR) is 127 cm³/mol. The summed E-state index contributed by atoms with van der Waals surface area (Å²) in [5.41, 5.74) is 1.05. The fourth-order valence-electron chi connectivity index (χ4n) is 5.18. The quantitative estimate of drug-likeness (QED) is 0.680. The molecule has 2 heterocycles. The van der Waals surface area contributed by atoms with E-state index in [1.165, 1.54) is 24.3 Å². The molecule has 5 rings (SSSR count). The summed E-state index contributed by atoms with van der Waals surface area (Å²) in [5.74, 6) is 0.0755. The number of carbonyl (C=O) groups is 2. The van der Waals surface area contributed by atoms with E-state index in [9.17, 15) is 14.0 Å². The summed E-state index contributed by atoms with van der Waals surface area (Å²) in [4.78, 5) is 30.5. The van der Waals surface area contributed by atoms with Crippen molar-refractivity contribution in [1.82, 2.24) is 15.1 Å². The SMILES string of the molecule is O=C(C1CCNCC1)N1C[C@H](c2ccc(Cl)cc2)[C@@H](N(C(=O)Oc2ccc(F)cc2)C2CC2)C1. The van der Waals surface area contributed by atoms with Crippen LogP contribution in [0.3, 0.4) is 0 Å². The average molecular weight is 486 g/mol. The van der Waals surface area contributed by atoms with E-state index >= 15 is 0 Å². The Labute approximate surface area is 204 Å². The maximum Gasteiger partial charge on any atom is 0.415 e. The van der Waals surface area contributed by atoms with E-state index in [1.807, 2.05) is 34.1 Å². The molecule has 3 aliphatic rings. The lowest BCUT2D eigenvalue weighted by Crippen LogP contribution is -2.48. The number of benzene rings is 2. The highest BCUT2D eigenvalue weighted by atomic mass is 35.5. The molecule has 34 heavy (non-hydrogen) atoms. The fourth-order valence-corrected chi connectivity index (χ4v) is 5.30. The van der Waals surface area contributed by atoms with E-state index in [-0.39, 0.29) is 35.6 Å². The van der Waals surface area contributed by atoms with E-state index in [0.29, 0.717) is 23.9 Å². The molecule has 0 radical (unpaired) electrons. The van der Waals surface area contributed by atoms with Gasteiger partial charge in [-0.15, -0.1) is 0 Å². The Balaban J connectivity index is 1.40. The molecule has 1 N–H and O–H groups in total. The summed E-state index contributed by atoms with van der Waals surface area (Å²) in [5, 5.41) is 3.96. The van der Waals surface area contributed by atoms with Crippen molar-refractivity contribution in [2.24, 2.45) is 5.92 Å². The molecule has 3 fully saturated rings. The zero-order valence-corrected chi connectivity index (χ0v) is 19.7. The zero-order valence-electron chi connectivity index (χ0n) is 19.0. The summed E-state index contributed by atoms with van der Waals surface area (Å²) in [6.07, 6.45) is 3.04. The third-order valence-electron chi connectivity index (χ3n) is 7.11. The fraction of sp³-hybridized carbons (Fsp3) is 0.462. The van der Waals surface area contributed by atoms with E-state index in [4.69, 9.17) is 16.3 Å². The molecule has 0 aromatic heterocycles. The van der Waals surface area contributed by atoms with Gasteiger partial charge in [-0.3, -0.25) is 9.69 Å². The number of piperidine rings is 1. The molecule has 0 unspecified atom stereocenters. The number of rotatable bonds is 5. The Morgan fingerprint density at radius 1 is 0.971 bits per heavy atom. The predicted octanol–water partition coefficient (Wildman–Crippen LogP) is 4.44. The highest BCUT2D eigenvalue weighted by Gasteiger charge is 2.47. The minimum absolute atomic E-state index is 0.0198. The van der Waals surface area contributed by atoms with Crippen LogP contribution in [0.25, 0.3) is 0 Å². The highest BCUT2D eigenvalue weighted by Crippen LogP contribution is 2.39. The first kappa shape index (κ1) is 23.1. The van der Waals surface area contributed by atoms with Gasteiger partial charge in [0.15, 0.2) is 0 Å². The maximum absolute atomic E-state index is 13.4. The normalized spacial score (nSPS) is 23.1. The number of ether oxygens (including phenoxy) is 1. The summed E-state index contributed by atoms with van der Waals surface area (Å²) in [7, 11) is 0. The van der Waals surface area contributed by atoms with Gasteiger partial charge in [0.25, 0.3) is 0 Å².